The second kappa shape index (κ2) is 4.86. The van der Waals surface area contributed by atoms with Gasteiger partial charge in [0, 0.05) is 23.6 Å². The lowest BCUT2D eigenvalue weighted by molar-refractivity contribution is 0.210. The number of aliphatic hydroxyl groups is 1. The SMILES string of the molecule is OC(c1cccc2c1OCC2)c1nccc2ccccc12. The summed E-state index contributed by atoms with van der Waals surface area (Å²) < 4.78 is 5.70. The molecule has 1 atom stereocenters. The van der Waals surface area contributed by atoms with Gasteiger partial charge in [0.25, 0.3) is 0 Å². The number of pyridine rings is 1. The first kappa shape index (κ1) is 12.4. The van der Waals surface area contributed by atoms with Crippen LogP contribution >= 0.6 is 0 Å². The maximum absolute atomic E-state index is 10.8. The van der Waals surface area contributed by atoms with Crippen molar-refractivity contribution in [1.29, 1.82) is 0 Å². The Balaban J connectivity index is 1.88. The Bertz CT molecular complexity index is 808. The molecule has 0 spiro atoms. The zero-order valence-electron chi connectivity index (χ0n) is 11.5. The molecule has 0 saturated carbocycles. The van der Waals surface area contributed by atoms with Gasteiger partial charge >= 0.3 is 0 Å². The van der Waals surface area contributed by atoms with Crippen LogP contribution in [0.25, 0.3) is 10.8 Å². The molecule has 1 N–H and O–H groups in total. The third-order valence-corrected chi connectivity index (χ3v) is 4.00. The van der Waals surface area contributed by atoms with Gasteiger partial charge in [0.2, 0.25) is 0 Å². The van der Waals surface area contributed by atoms with Crippen LogP contribution in [-0.2, 0) is 6.42 Å². The first-order valence-electron chi connectivity index (χ1n) is 7.11. The van der Waals surface area contributed by atoms with Crippen LogP contribution in [0, 0.1) is 0 Å². The zero-order chi connectivity index (χ0) is 14.2. The molecule has 0 bridgehead atoms. The number of aromatic nitrogens is 1. The Hall–Kier alpha value is -2.39. The van der Waals surface area contributed by atoms with Crippen LogP contribution in [-0.4, -0.2) is 16.7 Å². The van der Waals surface area contributed by atoms with Crippen molar-refractivity contribution >= 4 is 10.8 Å². The summed E-state index contributed by atoms with van der Waals surface area (Å²) in [6.07, 6.45) is 1.87. The largest absolute Gasteiger partial charge is 0.493 e. The molecule has 3 nitrogen and oxygen atoms in total. The summed E-state index contributed by atoms with van der Waals surface area (Å²) in [6, 6.07) is 15.9. The van der Waals surface area contributed by atoms with Crippen molar-refractivity contribution in [3.63, 3.8) is 0 Å². The Morgan fingerprint density at radius 2 is 1.95 bits per heavy atom. The Labute approximate surface area is 122 Å². The van der Waals surface area contributed by atoms with E-state index < -0.39 is 6.10 Å². The molecular formula is C18H15NO2. The van der Waals surface area contributed by atoms with E-state index in [1.165, 1.54) is 0 Å². The maximum Gasteiger partial charge on any atom is 0.128 e. The first-order valence-corrected chi connectivity index (χ1v) is 7.11. The quantitative estimate of drug-likeness (QED) is 0.782. The van der Waals surface area contributed by atoms with Crippen molar-refractivity contribution in [3.05, 3.63) is 71.5 Å². The maximum atomic E-state index is 10.8. The van der Waals surface area contributed by atoms with Gasteiger partial charge < -0.3 is 9.84 Å². The van der Waals surface area contributed by atoms with Gasteiger partial charge in [0.05, 0.1) is 12.3 Å². The van der Waals surface area contributed by atoms with Crippen LogP contribution in [0.4, 0.5) is 0 Å². The van der Waals surface area contributed by atoms with E-state index in [4.69, 9.17) is 4.74 Å². The predicted molar refractivity (Wildman–Crippen MR) is 81.4 cm³/mol. The van der Waals surface area contributed by atoms with Gasteiger partial charge in [0.15, 0.2) is 0 Å². The standard InChI is InChI=1S/C18H15NO2/c20-17(15-7-3-5-13-9-11-21-18(13)15)16-14-6-2-1-4-12(14)8-10-19-16/h1-8,10,17,20H,9,11H2. The highest BCUT2D eigenvalue weighted by Crippen LogP contribution is 2.37. The smallest absolute Gasteiger partial charge is 0.128 e. The third kappa shape index (κ3) is 1.98. The average Bonchev–Trinajstić information content (AvgIpc) is 3.02. The second-order valence-corrected chi connectivity index (χ2v) is 5.25. The fraction of sp³-hybridized carbons (Fsp3) is 0.167. The van der Waals surface area contributed by atoms with Gasteiger partial charge in [-0.1, -0.05) is 42.5 Å². The fourth-order valence-electron chi connectivity index (χ4n) is 2.96. The first-order chi connectivity index (χ1) is 10.3. The average molecular weight is 277 g/mol. The molecule has 0 radical (unpaired) electrons. The molecule has 1 aliphatic rings. The van der Waals surface area contributed by atoms with Crippen molar-refractivity contribution < 1.29 is 9.84 Å². The lowest BCUT2D eigenvalue weighted by Gasteiger charge is -2.16. The van der Waals surface area contributed by atoms with Crippen molar-refractivity contribution in [2.45, 2.75) is 12.5 Å². The molecule has 2 aromatic carbocycles. The van der Waals surface area contributed by atoms with Crippen molar-refractivity contribution in [2.24, 2.45) is 0 Å². The van der Waals surface area contributed by atoms with Gasteiger partial charge in [-0.05, 0) is 17.0 Å². The molecule has 21 heavy (non-hydrogen) atoms. The molecular weight excluding hydrogens is 262 g/mol. The van der Waals surface area contributed by atoms with E-state index in [0.717, 1.165) is 34.1 Å². The van der Waals surface area contributed by atoms with E-state index in [1.807, 2.05) is 42.5 Å². The van der Waals surface area contributed by atoms with Gasteiger partial charge in [-0.15, -0.1) is 0 Å². The van der Waals surface area contributed by atoms with E-state index in [-0.39, 0.29) is 0 Å². The lowest BCUT2D eigenvalue weighted by atomic mass is 9.98. The highest BCUT2D eigenvalue weighted by atomic mass is 16.5. The van der Waals surface area contributed by atoms with Crippen molar-refractivity contribution in [1.82, 2.24) is 4.98 Å². The summed E-state index contributed by atoms with van der Waals surface area (Å²) in [5.41, 5.74) is 2.64. The monoisotopic (exact) mass is 277 g/mol. The number of fused-ring (bicyclic) bond motifs is 2. The summed E-state index contributed by atoms with van der Waals surface area (Å²) in [4.78, 5) is 4.40. The Kier molecular flexibility index (Phi) is 2.86. The fourth-order valence-corrected chi connectivity index (χ4v) is 2.96. The normalized spacial score (nSPS) is 14.7. The zero-order valence-corrected chi connectivity index (χ0v) is 11.5. The molecule has 3 aromatic rings. The number of rotatable bonds is 2. The highest BCUT2D eigenvalue weighted by molar-refractivity contribution is 5.85. The Morgan fingerprint density at radius 1 is 1.05 bits per heavy atom. The number of hydrogen-bond acceptors (Lipinski definition) is 3. The topological polar surface area (TPSA) is 42.4 Å². The van der Waals surface area contributed by atoms with E-state index in [0.29, 0.717) is 12.3 Å². The molecule has 104 valence electrons. The van der Waals surface area contributed by atoms with E-state index in [9.17, 15) is 5.11 Å². The summed E-state index contributed by atoms with van der Waals surface area (Å²) in [6.45, 7) is 0.683. The molecule has 0 aliphatic carbocycles. The van der Waals surface area contributed by atoms with Crippen LogP contribution in [0.1, 0.15) is 22.9 Å². The third-order valence-electron chi connectivity index (χ3n) is 4.00. The molecule has 3 heteroatoms. The highest BCUT2D eigenvalue weighted by Gasteiger charge is 2.23. The molecule has 1 aliphatic heterocycles. The molecule has 0 saturated heterocycles. The number of aliphatic hydroxyl groups excluding tert-OH is 1. The minimum absolute atomic E-state index is 0.678. The number of nitrogens with zero attached hydrogens (tertiary/aromatic N) is 1. The van der Waals surface area contributed by atoms with E-state index in [2.05, 4.69) is 11.1 Å². The number of ether oxygens (including phenoxy) is 1. The van der Waals surface area contributed by atoms with Gasteiger partial charge in [0.1, 0.15) is 11.9 Å². The lowest BCUT2D eigenvalue weighted by Crippen LogP contribution is -2.05. The van der Waals surface area contributed by atoms with E-state index >= 15 is 0 Å². The molecule has 1 aromatic heterocycles. The molecule has 0 amide bonds. The summed E-state index contributed by atoms with van der Waals surface area (Å²) in [5.74, 6) is 0.819. The summed E-state index contributed by atoms with van der Waals surface area (Å²) in [5, 5.41) is 12.9. The number of hydrogen-bond donors (Lipinski definition) is 1. The molecule has 2 heterocycles. The predicted octanol–water partition coefficient (Wildman–Crippen LogP) is 3.25. The van der Waals surface area contributed by atoms with Crippen LogP contribution in [0.2, 0.25) is 0 Å². The van der Waals surface area contributed by atoms with Crippen molar-refractivity contribution in [2.75, 3.05) is 6.61 Å². The second-order valence-electron chi connectivity index (χ2n) is 5.25. The van der Waals surface area contributed by atoms with Crippen LogP contribution in [0.15, 0.2) is 54.7 Å². The van der Waals surface area contributed by atoms with Crippen LogP contribution in [0.3, 0.4) is 0 Å². The van der Waals surface area contributed by atoms with Crippen LogP contribution in [0.5, 0.6) is 5.75 Å². The minimum atomic E-state index is -0.774. The Morgan fingerprint density at radius 3 is 2.90 bits per heavy atom. The van der Waals surface area contributed by atoms with Gasteiger partial charge in [-0.2, -0.15) is 0 Å². The van der Waals surface area contributed by atoms with Gasteiger partial charge in [-0.3, -0.25) is 4.98 Å². The minimum Gasteiger partial charge on any atom is -0.493 e. The van der Waals surface area contributed by atoms with Gasteiger partial charge in [-0.25, -0.2) is 0 Å². The van der Waals surface area contributed by atoms with Crippen LogP contribution < -0.4 is 4.74 Å². The van der Waals surface area contributed by atoms with Crippen molar-refractivity contribution in [3.8, 4) is 5.75 Å². The molecule has 0 fully saturated rings. The molecule has 1 unspecified atom stereocenters. The number of para-hydroxylation sites is 1. The van der Waals surface area contributed by atoms with E-state index in [1.54, 1.807) is 6.20 Å². The summed E-state index contributed by atoms with van der Waals surface area (Å²) >= 11 is 0. The molecule has 4 rings (SSSR count). The number of benzene rings is 2. The summed E-state index contributed by atoms with van der Waals surface area (Å²) in [7, 11) is 0.